The van der Waals surface area contributed by atoms with E-state index >= 15 is 0 Å². The molecule has 1 aliphatic heterocycles. The number of nitro groups is 1. The minimum Gasteiger partial charge on any atom is -0.463 e. The summed E-state index contributed by atoms with van der Waals surface area (Å²) in [6, 6.07) is 4.04. The third-order valence-electron chi connectivity index (χ3n) is 4.00. The standard InChI is InChI=1S/C16H14F3N5O4/c1-3-28-13(25)11-8(2)20-15-21-14(16(17,18)19)22-23(15)12(11)9-5-4-6-10(7-9)24(26)27/h4-7,12H,3H2,1-2H3,(H,20,21,22). The molecule has 1 atom stereocenters. The molecule has 148 valence electrons. The highest BCUT2D eigenvalue weighted by Gasteiger charge is 2.41. The average molecular weight is 397 g/mol. The van der Waals surface area contributed by atoms with Crippen LogP contribution in [0.5, 0.6) is 0 Å². The summed E-state index contributed by atoms with van der Waals surface area (Å²) in [4.78, 5) is 26.4. The first kappa shape index (κ1) is 19.3. The van der Waals surface area contributed by atoms with Gasteiger partial charge in [0, 0.05) is 17.8 Å². The van der Waals surface area contributed by atoms with E-state index in [0.29, 0.717) is 0 Å². The third-order valence-corrected chi connectivity index (χ3v) is 4.00. The number of anilines is 1. The van der Waals surface area contributed by atoms with Crippen molar-refractivity contribution < 1.29 is 27.6 Å². The Morgan fingerprint density at radius 1 is 1.43 bits per heavy atom. The molecule has 2 heterocycles. The van der Waals surface area contributed by atoms with E-state index in [1.165, 1.54) is 31.2 Å². The van der Waals surface area contributed by atoms with Crippen LogP contribution in [-0.4, -0.2) is 32.3 Å². The monoisotopic (exact) mass is 397 g/mol. The highest BCUT2D eigenvalue weighted by Crippen LogP contribution is 2.38. The van der Waals surface area contributed by atoms with Crippen LogP contribution in [0, 0.1) is 10.1 Å². The summed E-state index contributed by atoms with van der Waals surface area (Å²) in [6.07, 6.45) is -4.81. The van der Waals surface area contributed by atoms with Crippen LogP contribution in [0.1, 0.15) is 31.3 Å². The number of esters is 1. The van der Waals surface area contributed by atoms with E-state index in [1.54, 1.807) is 6.92 Å². The molecule has 0 fully saturated rings. The number of benzene rings is 1. The first-order valence-electron chi connectivity index (χ1n) is 8.06. The Balaban J connectivity index is 2.21. The number of non-ortho nitro benzene ring substituents is 1. The number of alkyl halides is 3. The number of ether oxygens (including phenoxy) is 1. The summed E-state index contributed by atoms with van der Waals surface area (Å²) in [5.41, 5.74) is 0.102. The van der Waals surface area contributed by atoms with Crippen molar-refractivity contribution in [2.75, 3.05) is 11.9 Å². The summed E-state index contributed by atoms with van der Waals surface area (Å²) < 4.78 is 45.2. The molecule has 9 nitrogen and oxygen atoms in total. The normalized spacial score (nSPS) is 16.4. The SMILES string of the molecule is CCOC(=O)C1=C(C)Nc2nc(C(F)(F)F)nn2C1c1cccc([N+](=O)[O-])c1. The molecule has 1 aromatic carbocycles. The van der Waals surface area contributed by atoms with Crippen molar-refractivity contribution in [1.29, 1.82) is 0 Å². The maximum Gasteiger partial charge on any atom is 0.453 e. The Hall–Kier alpha value is -3.44. The van der Waals surface area contributed by atoms with E-state index in [1.807, 2.05) is 0 Å². The lowest BCUT2D eigenvalue weighted by molar-refractivity contribution is -0.384. The number of carbonyl (C=O) groups excluding carboxylic acids is 1. The average Bonchev–Trinajstić information content (AvgIpc) is 3.04. The number of nitrogens with zero attached hydrogens (tertiary/aromatic N) is 4. The first-order valence-corrected chi connectivity index (χ1v) is 8.06. The molecule has 0 amide bonds. The maximum atomic E-state index is 13.1. The smallest absolute Gasteiger partial charge is 0.453 e. The largest absolute Gasteiger partial charge is 0.463 e. The van der Waals surface area contributed by atoms with Gasteiger partial charge in [-0.2, -0.15) is 18.2 Å². The van der Waals surface area contributed by atoms with Gasteiger partial charge in [0.2, 0.25) is 5.95 Å². The molecule has 1 unspecified atom stereocenters. The van der Waals surface area contributed by atoms with E-state index in [9.17, 15) is 28.1 Å². The van der Waals surface area contributed by atoms with E-state index in [4.69, 9.17) is 4.74 Å². The zero-order valence-electron chi connectivity index (χ0n) is 14.6. The van der Waals surface area contributed by atoms with Crippen molar-refractivity contribution in [2.45, 2.75) is 26.1 Å². The van der Waals surface area contributed by atoms with Crippen molar-refractivity contribution in [1.82, 2.24) is 14.8 Å². The maximum absolute atomic E-state index is 13.1. The molecule has 1 N–H and O–H groups in total. The van der Waals surface area contributed by atoms with Crippen molar-refractivity contribution in [2.24, 2.45) is 0 Å². The number of hydrogen-bond donors (Lipinski definition) is 1. The zero-order chi connectivity index (χ0) is 20.6. The van der Waals surface area contributed by atoms with Crippen LogP contribution >= 0.6 is 0 Å². The summed E-state index contributed by atoms with van der Waals surface area (Å²) in [6.45, 7) is 3.09. The van der Waals surface area contributed by atoms with Gasteiger partial charge in [-0.3, -0.25) is 10.1 Å². The quantitative estimate of drug-likeness (QED) is 0.479. The lowest BCUT2D eigenvalue weighted by atomic mass is 9.95. The number of halogens is 3. The van der Waals surface area contributed by atoms with Gasteiger partial charge in [-0.05, 0) is 19.4 Å². The predicted molar refractivity (Wildman–Crippen MR) is 89.2 cm³/mol. The van der Waals surface area contributed by atoms with E-state index < -0.39 is 28.9 Å². The lowest BCUT2D eigenvalue weighted by Gasteiger charge is -2.27. The van der Waals surface area contributed by atoms with Gasteiger partial charge >= 0.3 is 12.1 Å². The summed E-state index contributed by atoms with van der Waals surface area (Å²) in [7, 11) is 0. The number of nitro benzene ring substituents is 1. The minimum atomic E-state index is -4.81. The van der Waals surface area contributed by atoms with Gasteiger partial charge in [0.05, 0.1) is 17.1 Å². The van der Waals surface area contributed by atoms with E-state index in [-0.39, 0.29) is 35.1 Å². The van der Waals surface area contributed by atoms with Gasteiger partial charge in [0.1, 0.15) is 6.04 Å². The number of carbonyl (C=O) groups is 1. The molecule has 0 radical (unpaired) electrons. The summed E-state index contributed by atoms with van der Waals surface area (Å²) >= 11 is 0. The Morgan fingerprint density at radius 2 is 2.14 bits per heavy atom. The fourth-order valence-electron chi connectivity index (χ4n) is 2.86. The molecule has 0 bridgehead atoms. The van der Waals surface area contributed by atoms with Gasteiger partial charge < -0.3 is 10.1 Å². The molecular formula is C16H14F3N5O4. The Morgan fingerprint density at radius 3 is 2.75 bits per heavy atom. The fourth-order valence-corrected chi connectivity index (χ4v) is 2.86. The van der Waals surface area contributed by atoms with Crippen molar-refractivity contribution in [3.05, 3.63) is 57.0 Å². The van der Waals surface area contributed by atoms with Gasteiger partial charge in [-0.1, -0.05) is 12.1 Å². The first-order chi connectivity index (χ1) is 13.1. The topological polar surface area (TPSA) is 112 Å². The van der Waals surface area contributed by atoms with Crippen molar-refractivity contribution >= 4 is 17.6 Å². The number of nitrogens with one attached hydrogen (secondary N) is 1. The molecule has 0 aliphatic carbocycles. The Labute approximate surface area is 156 Å². The molecule has 1 aliphatic rings. The fraction of sp³-hybridized carbons (Fsp3) is 0.312. The number of hydrogen-bond acceptors (Lipinski definition) is 7. The highest BCUT2D eigenvalue weighted by molar-refractivity contribution is 5.92. The van der Waals surface area contributed by atoms with Crippen LogP contribution < -0.4 is 5.32 Å². The van der Waals surface area contributed by atoms with Gasteiger partial charge in [0.15, 0.2) is 0 Å². The van der Waals surface area contributed by atoms with Crippen LogP contribution in [0.4, 0.5) is 24.8 Å². The zero-order valence-corrected chi connectivity index (χ0v) is 14.6. The van der Waals surface area contributed by atoms with Crippen LogP contribution in [0.15, 0.2) is 35.5 Å². The molecular weight excluding hydrogens is 383 g/mol. The van der Waals surface area contributed by atoms with Crippen LogP contribution in [-0.2, 0) is 15.7 Å². The number of rotatable bonds is 4. The molecule has 0 saturated carbocycles. The minimum absolute atomic E-state index is 0.0199. The van der Waals surface area contributed by atoms with Crippen LogP contribution in [0.2, 0.25) is 0 Å². The van der Waals surface area contributed by atoms with Gasteiger partial charge in [0.25, 0.3) is 11.5 Å². The molecule has 12 heteroatoms. The number of aromatic nitrogens is 3. The summed E-state index contributed by atoms with van der Waals surface area (Å²) in [5, 5.41) is 17.2. The predicted octanol–water partition coefficient (Wildman–Crippen LogP) is 3.06. The lowest BCUT2D eigenvalue weighted by Crippen LogP contribution is -2.29. The second-order valence-electron chi connectivity index (χ2n) is 5.84. The van der Waals surface area contributed by atoms with E-state index in [2.05, 4.69) is 15.4 Å². The summed E-state index contributed by atoms with van der Waals surface area (Å²) in [5.74, 6) is -2.42. The van der Waals surface area contributed by atoms with E-state index in [0.717, 1.165) is 4.68 Å². The molecule has 0 saturated heterocycles. The third kappa shape index (κ3) is 3.40. The van der Waals surface area contributed by atoms with Crippen LogP contribution in [0.25, 0.3) is 0 Å². The number of allylic oxidation sites excluding steroid dienone is 1. The Bertz CT molecular complexity index is 983. The molecule has 28 heavy (non-hydrogen) atoms. The highest BCUT2D eigenvalue weighted by atomic mass is 19.4. The van der Waals surface area contributed by atoms with Gasteiger partial charge in [-0.15, -0.1) is 5.10 Å². The van der Waals surface area contributed by atoms with Crippen molar-refractivity contribution in [3.63, 3.8) is 0 Å². The number of fused-ring (bicyclic) bond motifs is 1. The van der Waals surface area contributed by atoms with Crippen LogP contribution in [0.3, 0.4) is 0 Å². The molecule has 0 spiro atoms. The van der Waals surface area contributed by atoms with Gasteiger partial charge in [-0.25, -0.2) is 9.48 Å². The second kappa shape index (κ2) is 6.94. The van der Waals surface area contributed by atoms with Crippen molar-refractivity contribution in [3.8, 4) is 0 Å². The second-order valence-corrected chi connectivity index (χ2v) is 5.84. The molecule has 1 aromatic heterocycles. The Kier molecular flexibility index (Phi) is 4.79. The molecule has 3 rings (SSSR count). The molecule has 2 aromatic rings.